The van der Waals surface area contributed by atoms with Crippen LogP contribution in [0.4, 0.5) is 0 Å². The zero-order valence-corrected chi connectivity index (χ0v) is 6.18. The summed E-state index contributed by atoms with van der Waals surface area (Å²) in [7, 11) is 5.43. The number of hydrogen-bond donors (Lipinski definition) is 1. The van der Waals surface area contributed by atoms with Crippen LogP contribution in [0.1, 0.15) is 6.42 Å². The highest BCUT2D eigenvalue weighted by Crippen LogP contribution is 2.19. The topological polar surface area (TPSA) is 29.1 Å². The van der Waals surface area contributed by atoms with Gasteiger partial charge in [-0.1, -0.05) is 12.1 Å². The van der Waals surface area contributed by atoms with Gasteiger partial charge in [0.25, 0.3) is 0 Å². The standard InChI is InChI=1S/C8H8BNO/c1-3-7-6(5(2)9)4-8(11)10-7/h3H,1-2,4H2,(H,10,11). The van der Waals surface area contributed by atoms with Crippen molar-refractivity contribution in [1.82, 2.24) is 5.32 Å². The molecule has 1 heterocycles. The van der Waals surface area contributed by atoms with Crippen molar-refractivity contribution in [3.8, 4) is 0 Å². The Morgan fingerprint density at radius 1 is 1.73 bits per heavy atom. The highest BCUT2D eigenvalue weighted by atomic mass is 16.1. The Hall–Kier alpha value is -1.25. The van der Waals surface area contributed by atoms with Crippen molar-refractivity contribution in [2.45, 2.75) is 6.42 Å². The number of amides is 1. The number of nitrogens with one attached hydrogen (secondary N) is 1. The van der Waals surface area contributed by atoms with E-state index >= 15 is 0 Å². The summed E-state index contributed by atoms with van der Waals surface area (Å²) in [5.41, 5.74) is 1.87. The second-order valence-corrected chi connectivity index (χ2v) is 2.35. The highest BCUT2D eigenvalue weighted by molar-refractivity contribution is 6.24. The van der Waals surface area contributed by atoms with Gasteiger partial charge in [0.1, 0.15) is 7.85 Å². The van der Waals surface area contributed by atoms with Gasteiger partial charge < -0.3 is 5.32 Å². The molecule has 1 rings (SSSR count). The summed E-state index contributed by atoms with van der Waals surface area (Å²) in [6, 6.07) is 0. The SMILES string of the molecule is [B]C(=C)C1=C(C=C)NC(=O)C1. The van der Waals surface area contributed by atoms with E-state index in [0.717, 1.165) is 5.57 Å². The third-order valence-electron chi connectivity index (χ3n) is 1.53. The fourth-order valence-corrected chi connectivity index (χ4v) is 0.986. The van der Waals surface area contributed by atoms with E-state index < -0.39 is 0 Å². The third kappa shape index (κ3) is 1.42. The predicted molar refractivity (Wildman–Crippen MR) is 44.9 cm³/mol. The van der Waals surface area contributed by atoms with Gasteiger partial charge in [-0.15, -0.1) is 6.58 Å². The highest BCUT2D eigenvalue weighted by Gasteiger charge is 2.18. The Balaban J connectivity index is 2.96. The van der Waals surface area contributed by atoms with E-state index in [0.29, 0.717) is 17.6 Å². The smallest absolute Gasteiger partial charge is 0.228 e. The first-order valence-corrected chi connectivity index (χ1v) is 3.25. The summed E-state index contributed by atoms with van der Waals surface area (Å²) in [5.74, 6) is -0.0542. The first-order chi connectivity index (χ1) is 5.15. The summed E-state index contributed by atoms with van der Waals surface area (Å²) in [4.78, 5) is 10.8. The van der Waals surface area contributed by atoms with Crippen molar-refractivity contribution >= 4 is 13.8 Å². The maximum Gasteiger partial charge on any atom is 0.228 e. The summed E-state index contributed by atoms with van der Waals surface area (Å²) < 4.78 is 0. The first-order valence-electron chi connectivity index (χ1n) is 3.25. The number of rotatable bonds is 2. The minimum Gasteiger partial charge on any atom is -0.326 e. The van der Waals surface area contributed by atoms with Crippen LogP contribution in [0.5, 0.6) is 0 Å². The van der Waals surface area contributed by atoms with Gasteiger partial charge >= 0.3 is 0 Å². The average Bonchev–Trinajstić information content (AvgIpc) is 2.30. The monoisotopic (exact) mass is 145 g/mol. The van der Waals surface area contributed by atoms with Gasteiger partial charge in [0.15, 0.2) is 0 Å². The summed E-state index contributed by atoms with van der Waals surface area (Å²) in [6.45, 7) is 7.09. The Morgan fingerprint density at radius 3 is 2.73 bits per heavy atom. The van der Waals surface area contributed by atoms with Gasteiger partial charge in [-0.2, -0.15) is 0 Å². The van der Waals surface area contributed by atoms with E-state index in [1.807, 2.05) is 0 Å². The number of hydrogen-bond acceptors (Lipinski definition) is 1. The van der Waals surface area contributed by atoms with Crippen LogP contribution in [-0.4, -0.2) is 13.8 Å². The number of allylic oxidation sites excluding steroid dienone is 2. The number of carbonyl (C=O) groups excluding carboxylic acids is 1. The molecule has 3 heteroatoms. The molecule has 0 spiro atoms. The lowest BCUT2D eigenvalue weighted by Crippen LogP contribution is -2.13. The second kappa shape index (κ2) is 2.78. The van der Waals surface area contributed by atoms with Crippen molar-refractivity contribution in [1.29, 1.82) is 0 Å². The largest absolute Gasteiger partial charge is 0.326 e. The molecule has 0 atom stereocenters. The first kappa shape index (κ1) is 7.86. The van der Waals surface area contributed by atoms with Crippen LogP contribution in [0.15, 0.2) is 36.0 Å². The fourth-order valence-electron chi connectivity index (χ4n) is 0.986. The summed E-state index contributed by atoms with van der Waals surface area (Å²) in [5, 5.41) is 2.62. The Bertz CT molecular complexity index is 265. The zero-order valence-electron chi connectivity index (χ0n) is 6.18. The molecule has 0 saturated carbocycles. The molecule has 0 aliphatic carbocycles. The van der Waals surface area contributed by atoms with Crippen LogP contribution in [0.25, 0.3) is 0 Å². The molecule has 0 unspecified atom stereocenters. The molecule has 0 saturated heterocycles. The molecule has 0 bridgehead atoms. The summed E-state index contributed by atoms with van der Waals surface area (Å²) >= 11 is 0. The molecule has 54 valence electrons. The lowest BCUT2D eigenvalue weighted by atomic mass is 9.88. The van der Waals surface area contributed by atoms with Crippen LogP contribution in [0.3, 0.4) is 0 Å². The van der Waals surface area contributed by atoms with Crippen molar-refractivity contribution in [3.05, 3.63) is 36.0 Å². The molecule has 0 aromatic carbocycles. The maximum absolute atomic E-state index is 10.8. The fraction of sp³-hybridized carbons (Fsp3) is 0.125. The van der Waals surface area contributed by atoms with Crippen LogP contribution in [0, 0.1) is 0 Å². The van der Waals surface area contributed by atoms with E-state index in [-0.39, 0.29) is 5.91 Å². The molecule has 11 heavy (non-hydrogen) atoms. The molecule has 2 nitrogen and oxygen atoms in total. The van der Waals surface area contributed by atoms with Crippen LogP contribution >= 0.6 is 0 Å². The van der Waals surface area contributed by atoms with E-state index in [9.17, 15) is 4.79 Å². The average molecular weight is 145 g/mol. The third-order valence-corrected chi connectivity index (χ3v) is 1.53. The Morgan fingerprint density at radius 2 is 2.36 bits per heavy atom. The van der Waals surface area contributed by atoms with Gasteiger partial charge in [0.05, 0.1) is 6.42 Å². The molecule has 1 N–H and O–H groups in total. The number of carbonyl (C=O) groups is 1. The van der Waals surface area contributed by atoms with E-state index in [1.165, 1.54) is 0 Å². The van der Waals surface area contributed by atoms with Crippen molar-refractivity contribution in [3.63, 3.8) is 0 Å². The molecule has 1 aliphatic heterocycles. The molecule has 0 fully saturated rings. The Kier molecular flexibility index (Phi) is 1.99. The van der Waals surface area contributed by atoms with Gasteiger partial charge in [0.2, 0.25) is 5.91 Å². The minimum absolute atomic E-state index is 0.0542. The van der Waals surface area contributed by atoms with Crippen molar-refractivity contribution < 1.29 is 4.79 Å². The molecule has 0 aromatic heterocycles. The van der Waals surface area contributed by atoms with Crippen molar-refractivity contribution in [2.24, 2.45) is 0 Å². The lowest BCUT2D eigenvalue weighted by molar-refractivity contribution is -0.118. The maximum atomic E-state index is 10.8. The molecule has 0 aromatic rings. The quantitative estimate of drug-likeness (QED) is 0.567. The lowest BCUT2D eigenvalue weighted by Gasteiger charge is -1.99. The summed E-state index contributed by atoms with van der Waals surface area (Å²) in [6.07, 6.45) is 1.88. The van der Waals surface area contributed by atoms with Gasteiger partial charge in [-0.3, -0.25) is 4.79 Å². The van der Waals surface area contributed by atoms with Crippen LogP contribution in [0.2, 0.25) is 0 Å². The minimum atomic E-state index is -0.0542. The second-order valence-electron chi connectivity index (χ2n) is 2.35. The molecule has 1 aliphatic rings. The van der Waals surface area contributed by atoms with Crippen LogP contribution < -0.4 is 5.32 Å². The van der Waals surface area contributed by atoms with Crippen LogP contribution in [-0.2, 0) is 4.79 Å². The Labute approximate surface area is 67.1 Å². The van der Waals surface area contributed by atoms with Gasteiger partial charge in [0, 0.05) is 5.70 Å². The normalized spacial score (nSPS) is 16.5. The van der Waals surface area contributed by atoms with E-state index in [4.69, 9.17) is 7.85 Å². The van der Waals surface area contributed by atoms with E-state index in [2.05, 4.69) is 18.5 Å². The molecular formula is C8H8BNO. The van der Waals surface area contributed by atoms with Gasteiger partial charge in [-0.05, 0) is 11.6 Å². The van der Waals surface area contributed by atoms with Gasteiger partial charge in [-0.25, -0.2) is 0 Å². The predicted octanol–water partition coefficient (Wildman–Crippen LogP) is 0.629. The molecular weight excluding hydrogens is 137 g/mol. The molecule has 2 radical (unpaired) electrons. The van der Waals surface area contributed by atoms with Crippen molar-refractivity contribution in [2.75, 3.05) is 0 Å². The van der Waals surface area contributed by atoms with E-state index in [1.54, 1.807) is 6.08 Å². The zero-order chi connectivity index (χ0) is 8.43. The molecule has 1 amide bonds.